The third-order valence-corrected chi connectivity index (χ3v) is 5.37. The van der Waals surface area contributed by atoms with Crippen molar-refractivity contribution in [2.75, 3.05) is 12.4 Å². The molecule has 0 radical (unpaired) electrons. The number of nitrogens with zero attached hydrogens (tertiary/aromatic N) is 2. The number of hydrogen-bond donors (Lipinski definition) is 1. The number of amides is 1. The number of anilines is 1. The van der Waals surface area contributed by atoms with Crippen LogP contribution in [0, 0.1) is 0 Å². The first-order valence-corrected chi connectivity index (χ1v) is 9.95. The van der Waals surface area contributed by atoms with Crippen LogP contribution in [0.3, 0.4) is 0 Å². The fourth-order valence-electron chi connectivity index (χ4n) is 2.88. The minimum absolute atomic E-state index is 0.129. The first kappa shape index (κ1) is 19.0. The van der Waals surface area contributed by atoms with Crippen LogP contribution in [0.4, 0.5) is 5.69 Å². The van der Waals surface area contributed by atoms with Crippen LogP contribution < -0.4 is 10.1 Å². The van der Waals surface area contributed by atoms with Gasteiger partial charge >= 0.3 is 0 Å². The second-order valence-electron chi connectivity index (χ2n) is 6.38. The summed E-state index contributed by atoms with van der Waals surface area (Å²) in [7, 11) is 1.61. The molecule has 1 amide bonds. The maximum absolute atomic E-state index is 12.7. The molecule has 3 aromatic carbocycles. The van der Waals surface area contributed by atoms with Crippen LogP contribution in [-0.4, -0.2) is 28.5 Å². The molecule has 0 spiro atoms. The van der Waals surface area contributed by atoms with Crippen molar-refractivity contribution in [1.29, 1.82) is 0 Å². The monoisotopic (exact) mass is 405 g/mol. The second kappa shape index (κ2) is 8.36. The standard InChI is InChI=1S/C22H19N3O3S/c1-14(20(26)23-19-9-5-7-15-6-3-4-8-18(15)19)29-22-25-24-21(28-22)16-10-12-17(27-2)13-11-16/h3-14H,1-2H3,(H,23,26)/t14-/m0/s1. The van der Waals surface area contributed by atoms with Crippen molar-refractivity contribution in [3.63, 3.8) is 0 Å². The molecule has 0 aliphatic rings. The quantitative estimate of drug-likeness (QED) is 0.454. The summed E-state index contributed by atoms with van der Waals surface area (Å²) in [5.74, 6) is 1.02. The van der Waals surface area contributed by atoms with Crippen molar-refractivity contribution in [2.24, 2.45) is 0 Å². The number of thioether (sulfide) groups is 1. The summed E-state index contributed by atoms with van der Waals surface area (Å²) in [4.78, 5) is 12.7. The molecule has 0 unspecified atom stereocenters. The number of nitrogens with one attached hydrogen (secondary N) is 1. The SMILES string of the molecule is COc1ccc(-c2nnc(S[C@@H](C)C(=O)Nc3cccc4ccccc34)o2)cc1. The molecular weight excluding hydrogens is 386 g/mol. The van der Waals surface area contributed by atoms with Crippen molar-refractivity contribution < 1.29 is 13.9 Å². The molecule has 0 saturated carbocycles. The van der Waals surface area contributed by atoms with Gasteiger partial charge in [0.05, 0.1) is 12.4 Å². The van der Waals surface area contributed by atoms with Gasteiger partial charge in [0.2, 0.25) is 11.8 Å². The normalized spacial score (nSPS) is 11.9. The van der Waals surface area contributed by atoms with Crippen LogP contribution in [0.1, 0.15) is 6.92 Å². The average Bonchev–Trinajstić information content (AvgIpc) is 3.22. The fraction of sp³-hybridized carbons (Fsp3) is 0.136. The zero-order valence-electron chi connectivity index (χ0n) is 16.0. The number of methoxy groups -OCH3 is 1. The molecule has 7 heteroatoms. The summed E-state index contributed by atoms with van der Waals surface area (Å²) >= 11 is 1.22. The predicted molar refractivity (Wildman–Crippen MR) is 114 cm³/mol. The molecule has 1 aromatic heterocycles. The van der Waals surface area contributed by atoms with Crippen molar-refractivity contribution in [3.8, 4) is 17.2 Å². The molecule has 6 nitrogen and oxygen atoms in total. The van der Waals surface area contributed by atoms with E-state index in [9.17, 15) is 4.79 Å². The molecule has 0 bridgehead atoms. The Hall–Kier alpha value is -3.32. The summed E-state index contributed by atoms with van der Waals surface area (Å²) < 4.78 is 10.9. The van der Waals surface area contributed by atoms with E-state index in [0.29, 0.717) is 11.1 Å². The third-order valence-electron chi connectivity index (χ3n) is 4.44. The van der Waals surface area contributed by atoms with E-state index < -0.39 is 5.25 Å². The maximum atomic E-state index is 12.7. The molecule has 0 aliphatic heterocycles. The largest absolute Gasteiger partial charge is 0.497 e. The Bertz CT molecular complexity index is 1140. The highest BCUT2D eigenvalue weighted by Crippen LogP contribution is 2.29. The number of rotatable bonds is 6. The maximum Gasteiger partial charge on any atom is 0.277 e. The number of benzene rings is 3. The molecule has 0 fully saturated rings. The van der Waals surface area contributed by atoms with E-state index in [1.807, 2.05) is 73.7 Å². The van der Waals surface area contributed by atoms with Gasteiger partial charge in [-0.15, -0.1) is 10.2 Å². The smallest absolute Gasteiger partial charge is 0.277 e. The summed E-state index contributed by atoms with van der Waals surface area (Å²) in [6.45, 7) is 1.81. The Morgan fingerprint density at radius 1 is 1.03 bits per heavy atom. The molecule has 1 N–H and O–H groups in total. The van der Waals surface area contributed by atoms with Crippen LogP contribution >= 0.6 is 11.8 Å². The topological polar surface area (TPSA) is 77.2 Å². The van der Waals surface area contributed by atoms with Crippen molar-refractivity contribution in [1.82, 2.24) is 10.2 Å². The van der Waals surface area contributed by atoms with Crippen LogP contribution in [0.15, 0.2) is 76.4 Å². The average molecular weight is 405 g/mol. The Morgan fingerprint density at radius 3 is 2.59 bits per heavy atom. The van der Waals surface area contributed by atoms with E-state index in [-0.39, 0.29) is 5.91 Å². The lowest BCUT2D eigenvalue weighted by molar-refractivity contribution is -0.115. The Labute approximate surface area is 172 Å². The molecule has 4 rings (SSSR count). The first-order valence-electron chi connectivity index (χ1n) is 9.07. The van der Waals surface area contributed by atoms with Crippen LogP contribution in [0.25, 0.3) is 22.2 Å². The number of hydrogen-bond acceptors (Lipinski definition) is 6. The molecule has 146 valence electrons. The summed E-state index contributed by atoms with van der Waals surface area (Å²) in [6, 6.07) is 21.1. The third kappa shape index (κ3) is 4.25. The zero-order valence-corrected chi connectivity index (χ0v) is 16.8. The molecule has 1 atom stereocenters. The number of ether oxygens (including phenoxy) is 1. The van der Waals surface area contributed by atoms with Crippen LogP contribution in [0.5, 0.6) is 5.75 Å². The second-order valence-corrected chi connectivity index (χ2v) is 7.67. The van der Waals surface area contributed by atoms with E-state index in [1.165, 1.54) is 11.8 Å². The number of aromatic nitrogens is 2. The van der Waals surface area contributed by atoms with Crippen molar-refractivity contribution in [3.05, 3.63) is 66.7 Å². The Kier molecular flexibility index (Phi) is 5.48. The van der Waals surface area contributed by atoms with Gasteiger partial charge in [-0.05, 0) is 42.6 Å². The summed E-state index contributed by atoms with van der Waals surface area (Å²) in [6.07, 6.45) is 0. The number of carbonyl (C=O) groups is 1. The number of fused-ring (bicyclic) bond motifs is 1. The lowest BCUT2D eigenvalue weighted by Crippen LogP contribution is -2.22. The van der Waals surface area contributed by atoms with E-state index in [2.05, 4.69) is 15.5 Å². The molecule has 0 aliphatic carbocycles. The Balaban J connectivity index is 1.44. The van der Waals surface area contributed by atoms with Gasteiger partial charge in [-0.25, -0.2) is 0 Å². The highest BCUT2D eigenvalue weighted by Gasteiger charge is 2.19. The minimum Gasteiger partial charge on any atom is -0.497 e. The highest BCUT2D eigenvalue weighted by molar-refractivity contribution is 8.00. The zero-order chi connectivity index (χ0) is 20.2. The number of carbonyl (C=O) groups excluding carboxylic acids is 1. The molecule has 1 heterocycles. The summed E-state index contributed by atoms with van der Waals surface area (Å²) in [5, 5.41) is 13.1. The van der Waals surface area contributed by atoms with E-state index in [0.717, 1.165) is 27.8 Å². The van der Waals surface area contributed by atoms with Gasteiger partial charge in [-0.2, -0.15) is 0 Å². The lowest BCUT2D eigenvalue weighted by Gasteiger charge is -2.12. The van der Waals surface area contributed by atoms with E-state index in [1.54, 1.807) is 7.11 Å². The highest BCUT2D eigenvalue weighted by atomic mass is 32.2. The van der Waals surface area contributed by atoms with Gasteiger partial charge in [0.1, 0.15) is 5.75 Å². The van der Waals surface area contributed by atoms with Gasteiger partial charge in [0.15, 0.2) is 0 Å². The van der Waals surface area contributed by atoms with E-state index in [4.69, 9.17) is 9.15 Å². The van der Waals surface area contributed by atoms with Gasteiger partial charge < -0.3 is 14.5 Å². The van der Waals surface area contributed by atoms with Gasteiger partial charge in [-0.3, -0.25) is 4.79 Å². The minimum atomic E-state index is -0.405. The van der Waals surface area contributed by atoms with Gasteiger partial charge in [0.25, 0.3) is 5.22 Å². The molecular formula is C22H19N3O3S. The lowest BCUT2D eigenvalue weighted by atomic mass is 10.1. The fourth-order valence-corrected chi connectivity index (χ4v) is 3.56. The van der Waals surface area contributed by atoms with Crippen LogP contribution in [0.2, 0.25) is 0 Å². The van der Waals surface area contributed by atoms with Crippen molar-refractivity contribution in [2.45, 2.75) is 17.4 Å². The first-order chi connectivity index (χ1) is 14.1. The van der Waals surface area contributed by atoms with E-state index >= 15 is 0 Å². The van der Waals surface area contributed by atoms with Gasteiger partial charge in [-0.1, -0.05) is 48.2 Å². The van der Waals surface area contributed by atoms with Crippen LogP contribution in [-0.2, 0) is 4.79 Å². The summed E-state index contributed by atoms with van der Waals surface area (Å²) in [5.41, 5.74) is 1.57. The Morgan fingerprint density at radius 2 is 1.79 bits per heavy atom. The van der Waals surface area contributed by atoms with Gasteiger partial charge in [0, 0.05) is 16.6 Å². The molecule has 4 aromatic rings. The molecule has 0 saturated heterocycles. The predicted octanol–water partition coefficient (Wildman–Crippen LogP) is 5.02. The van der Waals surface area contributed by atoms with Crippen molar-refractivity contribution >= 4 is 34.1 Å². The molecule has 29 heavy (non-hydrogen) atoms.